The van der Waals surface area contributed by atoms with Gasteiger partial charge in [-0.15, -0.1) is 0 Å². The molecule has 2 aromatic carbocycles. The van der Waals surface area contributed by atoms with Crippen molar-refractivity contribution in [3.63, 3.8) is 0 Å². The molecule has 0 aliphatic carbocycles. The van der Waals surface area contributed by atoms with E-state index in [-0.39, 0.29) is 36.2 Å². The van der Waals surface area contributed by atoms with Crippen molar-refractivity contribution < 1.29 is 32.3 Å². The maximum absolute atomic E-state index is 13.7. The summed E-state index contributed by atoms with van der Waals surface area (Å²) in [6, 6.07) is 13.1. The number of carbonyl (C=O) groups is 3. The Hall–Kier alpha value is -3.70. The molecular formula is C33H39F3N4O4. The number of allylic oxidation sites excluding steroid dienone is 2. The summed E-state index contributed by atoms with van der Waals surface area (Å²) in [5.74, 6) is -0.631. The fourth-order valence-corrected chi connectivity index (χ4v) is 6.35. The smallest absolute Gasteiger partial charge is 0.381 e. The van der Waals surface area contributed by atoms with Crippen molar-refractivity contribution in [2.45, 2.75) is 56.8 Å². The molecule has 5 rings (SSSR count). The van der Waals surface area contributed by atoms with Gasteiger partial charge in [0.05, 0.1) is 17.5 Å². The number of halogens is 3. The van der Waals surface area contributed by atoms with E-state index in [2.05, 4.69) is 28.1 Å². The highest BCUT2D eigenvalue weighted by molar-refractivity contribution is 5.92. The summed E-state index contributed by atoms with van der Waals surface area (Å²) in [7, 11) is 0. The second-order valence-corrected chi connectivity index (χ2v) is 12.0. The molecule has 3 amide bonds. The number of amides is 3. The first-order valence-corrected chi connectivity index (χ1v) is 15.2. The Bertz CT molecular complexity index is 1330. The molecule has 0 unspecified atom stereocenters. The number of likely N-dealkylation sites (tertiary alicyclic amines) is 1. The van der Waals surface area contributed by atoms with Crippen LogP contribution in [0.2, 0.25) is 0 Å². The number of alkyl halides is 3. The van der Waals surface area contributed by atoms with E-state index in [0.29, 0.717) is 70.5 Å². The lowest BCUT2D eigenvalue weighted by atomic mass is 9.75. The zero-order valence-corrected chi connectivity index (χ0v) is 24.6. The number of fused-ring (bicyclic) bond motifs is 1. The van der Waals surface area contributed by atoms with E-state index in [1.165, 1.54) is 12.1 Å². The maximum Gasteiger partial charge on any atom is 0.416 e. The van der Waals surface area contributed by atoms with Crippen molar-refractivity contribution in [1.82, 2.24) is 15.5 Å². The second-order valence-electron chi connectivity index (χ2n) is 12.0. The molecule has 3 atom stereocenters. The van der Waals surface area contributed by atoms with E-state index in [4.69, 9.17) is 4.74 Å². The van der Waals surface area contributed by atoms with Crippen molar-refractivity contribution in [3.8, 4) is 0 Å². The minimum atomic E-state index is -4.44. The van der Waals surface area contributed by atoms with Gasteiger partial charge in [-0.05, 0) is 67.9 Å². The summed E-state index contributed by atoms with van der Waals surface area (Å²) in [5, 5.41) is 9.00. The summed E-state index contributed by atoms with van der Waals surface area (Å²) in [5.41, 5.74) is -0.167. The molecule has 1 spiro atoms. The first-order chi connectivity index (χ1) is 21.1. The molecule has 0 radical (unpaired) electrons. The Morgan fingerprint density at radius 1 is 1.00 bits per heavy atom. The predicted molar refractivity (Wildman–Crippen MR) is 159 cm³/mol. The second kappa shape index (κ2) is 13.9. The maximum atomic E-state index is 13.7. The van der Waals surface area contributed by atoms with Crippen LogP contribution in [0.25, 0.3) is 0 Å². The number of hydrogen-bond acceptors (Lipinski definition) is 5. The number of benzene rings is 2. The van der Waals surface area contributed by atoms with Gasteiger partial charge in [-0.1, -0.05) is 42.5 Å². The van der Waals surface area contributed by atoms with Crippen LogP contribution >= 0.6 is 0 Å². The van der Waals surface area contributed by atoms with E-state index in [0.717, 1.165) is 17.7 Å². The largest absolute Gasteiger partial charge is 0.416 e. The van der Waals surface area contributed by atoms with Crippen LogP contribution in [-0.2, 0) is 31.7 Å². The molecule has 3 heterocycles. The van der Waals surface area contributed by atoms with E-state index in [9.17, 15) is 27.6 Å². The zero-order valence-electron chi connectivity index (χ0n) is 24.6. The summed E-state index contributed by atoms with van der Waals surface area (Å²) in [6.07, 6.45) is 3.06. The molecule has 236 valence electrons. The molecule has 0 saturated carbocycles. The molecule has 44 heavy (non-hydrogen) atoms. The third kappa shape index (κ3) is 8.06. The molecule has 3 aliphatic heterocycles. The summed E-state index contributed by atoms with van der Waals surface area (Å²) in [6.45, 7) is 2.18. The molecule has 2 saturated heterocycles. The van der Waals surface area contributed by atoms with Gasteiger partial charge in [0.25, 0.3) is 0 Å². The van der Waals surface area contributed by atoms with Gasteiger partial charge < -0.3 is 20.7 Å². The van der Waals surface area contributed by atoms with Gasteiger partial charge in [0.2, 0.25) is 17.7 Å². The third-order valence-electron chi connectivity index (χ3n) is 8.96. The Labute approximate surface area is 255 Å². The first kappa shape index (κ1) is 31.7. The van der Waals surface area contributed by atoms with E-state index in [1.807, 2.05) is 35.2 Å². The molecule has 0 bridgehead atoms. The third-order valence-corrected chi connectivity index (χ3v) is 8.96. The highest BCUT2D eigenvalue weighted by Gasteiger charge is 2.41. The summed E-state index contributed by atoms with van der Waals surface area (Å²) < 4.78 is 44.2. The van der Waals surface area contributed by atoms with Crippen LogP contribution in [0.15, 0.2) is 66.7 Å². The van der Waals surface area contributed by atoms with Crippen molar-refractivity contribution >= 4 is 23.4 Å². The van der Waals surface area contributed by atoms with Crippen LogP contribution < -0.4 is 16.0 Å². The van der Waals surface area contributed by atoms with E-state index >= 15 is 0 Å². The first-order valence-electron chi connectivity index (χ1n) is 15.2. The molecule has 0 aromatic heterocycles. The Morgan fingerprint density at radius 3 is 2.43 bits per heavy atom. The summed E-state index contributed by atoms with van der Waals surface area (Å²) >= 11 is 0. The van der Waals surface area contributed by atoms with E-state index in [1.54, 1.807) is 0 Å². The van der Waals surface area contributed by atoms with Crippen LogP contribution in [0.1, 0.15) is 43.2 Å². The number of nitrogens with zero attached hydrogens (tertiary/aromatic N) is 1. The topological polar surface area (TPSA) is 99.8 Å². The monoisotopic (exact) mass is 612 g/mol. The van der Waals surface area contributed by atoms with Gasteiger partial charge in [0, 0.05) is 44.5 Å². The fraction of sp³-hybridized carbons (Fsp3) is 0.485. The van der Waals surface area contributed by atoms with Crippen molar-refractivity contribution in [2.24, 2.45) is 11.3 Å². The normalized spacial score (nSPS) is 25.5. The number of anilines is 1. The van der Waals surface area contributed by atoms with Gasteiger partial charge in [-0.25, -0.2) is 0 Å². The minimum absolute atomic E-state index is 0.0287. The van der Waals surface area contributed by atoms with Gasteiger partial charge in [0.1, 0.15) is 6.04 Å². The zero-order chi connectivity index (χ0) is 31.2. The van der Waals surface area contributed by atoms with Gasteiger partial charge in [0.15, 0.2) is 0 Å². The van der Waals surface area contributed by atoms with Crippen LogP contribution in [-0.4, -0.2) is 67.6 Å². The summed E-state index contributed by atoms with van der Waals surface area (Å²) in [4.78, 5) is 42.2. The molecule has 3 aliphatic rings. The van der Waals surface area contributed by atoms with Crippen LogP contribution in [0.4, 0.5) is 18.9 Å². The molecule has 11 heteroatoms. The number of hydrogen-bond donors (Lipinski definition) is 3. The van der Waals surface area contributed by atoms with Crippen LogP contribution in [0, 0.1) is 11.3 Å². The van der Waals surface area contributed by atoms with Gasteiger partial charge in [-0.3, -0.25) is 19.3 Å². The Morgan fingerprint density at radius 2 is 1.73 bits per heavy atom. The standard InChI is InChI=1S/C33H39F3N4O4/c34-33(35,36)25-9-11-26(12-10-25)37-29(41)22-40-17-13-27-24(21-40)8-4-5-14-32(15-18-44-19-16-32)31(43)39-28(30(42)38-27)20-23-6-2-1-3-7-23/h1-7,9-12,24,27-28H,8,13-22H2,(H,37,41)(H,38,42)(H,39,43)/b5-4+/t24-,27+,28-/m0/s1. The predicted octanol–water partition coefficient (Wildman–Crippen LogP) is 4.32. The SMILES string of the molecule is O=C(CN1CC[C@H]2NC(=O)[C@H](Cc3ccccc3)NC(=O)C3(C/C=C/C[C@H]2C1)CCOCC3)Nc1ccc(C(F)(F)F)cc1. The average Bonchev–Trinajstić information content (AvgIpc) is 3.00. The number of piperidine rings is 1. The fourth-order valence-electron chi connectivity index (χ4n) is 6.35. The average molecular weight is 613 g/mol. The highest BCUT2D eigenvalue weighted by Crippen LogP contribution is 2.36. The lowest BCUT2D eigenvalue weighted by Gasteiger charge is -2.40. The molecule has 2 fully saturated rings. The van der Waals surface area contributed by atoms with Gasteiger partial charge >= 0.3 is 6.18 Å². The number of nitrogens with one attached hydrogen (secondary N) is 3. The van der Waals surface area contributed by atoms with E-state index < -0.39 is 23.2 Å². The lowest BCUT2D eigenvalue weighted by molar-refractivity contribution is -0.140. The lowest BCUT2D eigenvalue weighted by Crippen LogP contribution is -2.58. The molecule has 2 aromatic rings. The minimum Gasteiger partial charge on any atom is -0.381 e. The van der Waals surface area contributed by atoms with Crippen molar-refractivity contribution in [1.29, 1.82) is 0 Å². The molecule has 3 N–H and O–H groups in total. The van der Waals surface area contributed by atoms with Crippen molar-refractivity contribution in [3.05, 3.63) is 77.9 Å². The molecule has 8 nitrogen and oxygen atoms in total. The van der Waals surface area contributed by atoms with Crippen molar-refractivity contribution in [2.75, 3.05) is 38.2 Å². The number of carbonyl (C=O) groups excluding carboxylic acids is 3. The van der Waals surface area contributed by atoms with Gasteiger partial charge in [-0.2, -0.15) is 13.2 Å². The van der Waals surface area contributed by atoms with Crippen LogP contribution in [0.5, 0.6) is 0 Å². The quantitative estimate of drug-likeness (QED) is 0.437. The molecular weight excluding hydrogens is 573 g/mol. The Kier molecular flexibility index (Phi) is 10.1. The highest BCUT2D eigenvalue weighted by atomic mass is 19.4. The van der Waals surface area contributed by atoms with Crippen LogP contribution in [0.3, 0.4) is 0 Å². The number of rotatable bonds is 5. The Balaban J connectivity index is 1.28. The number of ether oxygens (including phenoxy) is 1.